The summed E-state index contributed by atoms with van der Waals surface area (Å²) in [7, 11) is 1.90. The average Bonchev–Trinajstić information content (AvgIpc) is 3.58. The summed E-state index contributed by atoms with van der Waals surface area (Å²) < 4.78 is 31.4. The number of hydrogen-bond acceptors (Lipinski definition) is 13. The number of anilines is 1. The Morgan fingerprint density at radius 1 is 1.37 bits per heavy atom. The maximum Gasteiger partial charge on any atom is 0.278 e. The van der Waals surface area contributed by atoms with Crippen molar-refractivity contribution in [3.63, 3.8) is 0 Å². The number of thiazole rings is 1. The number of aliphatic carboxylic acids is 1. The van der Waals surface area contributed by atoms with E-state index in [4.69, 9.17) is 5.73 Å². The predicted molar refractivity (Wildman–Crippen MR) is 141 cm³/mol. The van der Waals surface area contributed by atoms with Crippen molar-refractivity contribution in [1.82, 2.24) is 24.6 Å². The molecule has 5 rings (SSSR count). The number of carbonyl (C=O) groups is 3. The Kier molecular flexibility index (Phi) is 8.22. The lowest BCUT2D eigenvalue weighted by atomic mass is 9.86. The summed E-state index contributed by atoms with van der Waals surface area (Å²) in [6, 6.07) is 2.03. The molecule has 214 valence electrons. The van der Waals surface area contributed by atoms with E-state index in [9.17, 15) is 28.3 Å². The van der Waals surface area contributed by atoms with Gasteiger partial charge in [0.2, 0.25) is 11.5 Å². The van der Waals surface area contributed by atoms with Crippen molar-refractivity contribution >= 4 is 63.3 Å². The van der Waals surface area contributed by atoms with Crippen LogP contribution in [0.25, 0.3) is 11.3 Å². The number of oxime groups is 1. The van der Waals surface area contributed by atoms with Gasteiger partial charge in [0.15, 0.2) is 28.5 Å². The molecule has 2 atom stereocenters. The Hall–Kier alpha value is -4.03. The highest BCUT2D eigenvalue weighted by atomic mass is 32.2. The monoisotopic (exact) mass is 622 g/mol. The smallest absolute Gasteiger partial charge is 0.278 e. The number of allylic oxidation sites excluding steroid dienone is 1. The van der Waals surface area contributed by atoms with Gasteiger partial charge in [0.1, 0.15) is 13.1 Å². The third-order valence-electron chi connectivity index (χ3n) is 6.06. The van der Waals surface area contributed by atoms with E-state index in [0.717, 1.165) is 39.5 Å². The first-order valence-corrected chi connectivity index (χ1v) is 14.3. The molecule has 5 heterocycles. The molecule has 2 amide bonds. The number of thioether (sulfide) groups is 1. The molecule has 0 aromatic carbocycles. The molecule has 0 radical (unpaired) electrons. The van der Waals surface area contributed by atoms with Gasteiger partial charge in [-0.15, -0.1) is 11.3 Å². The van der Waals surface area contributed by atoms with Crippen molar-refractivity contribution in [1.29, 1.82) is 0 Å². The van der Waals surface area contributed by atoms with Gasteiger partial charge >= 0.3 is 0 Å². The van der Waals surface area contributed by atoms with Crippen LogP contribution in [0.5, 0.6) is 0 Å². The highest BCUT2D eigenvalue weighted by Crippen LogP contribution is 2.44. The molecule has 1 fully saturated rings. The van der Waals surface area contributed by atoms with Crippen LogP contribution in [0.3, 0.4) is 0 Å². The van der Waals surface area contributed by atoms with E-state index < -0.39 is 48.6 Å². The van der Waals surface area contributed by atoms with Gasteiger partial charge in [0.25, 0.3) is 18.2 Å². The van der Waals surface area contributed by atoms with Crippen LogP contribution in [0.4, 0.5) is 13.9 Å². The van der Waals surface area contributed by atoms with E-state index in [1.54, 1.807) is 0 Å². The van der Waals surface area contributed by atoms with Gasteiger partial charge in [0, 0.05) is 39.5 Å². The zero-order valence-electron chi connectivity index (χ0n) is 21.0. The van der Waals surface area contributed by atoms with Crippen molar-refractivity contribution in [3.05, 3.63) is 46.3 Å². The molecule has 0 bridgehead atoms. The van der Waals surface area contributed by atoms with E-state index in [0.29, 0.717) is 15.7 Å². The number of carbonyl (C=O) groups excluding carboxylic acids is 3. The highest BCUT2D eigenvalue weighted by molar-refractivity contribution is 8.04. The minimum absolute atomic E-state index is 0.00785. The molecule has 3 aromatic rings. The van der Waals surface area contributed by atoms with Gasteiger partial charge in [-0.05, 0) is 12.8 Å². The van der Waals surface area contributed by atoms with Crippen molar-refractivity contribution in [2.45, 2.75) is 35.7 Å². The van der Waals surface area contributed by atoms with Crippen LogP contribution in [0.1, 0.15) is 18.7 Å². The number of fused-ring (bicyclic) bond motifs is 1. The molecular formula is C23H20F2N8O5S3. The fourth-order valence-electron chi connectivity index (χ4n) is 4.21. The van der Waals surface area contributed by atoms with Crippen LogP contribution in [0.15, 0.2) is 50.0 Å². The number of alkyl halides is 2. The van der Waals surface area contributed by atoms with Crippen LogP contribution in [0, 0.1) is 0 Å². The lowest BCUT2D eigenvalue weighted by molar-refractivity contribution is -0.671. The number of aryl methyl sites for hydroxylation is 1. The summed E-state index contributed by atoms with van der Waals surface area (Å²) >= 11 is 3.23. The number of nitrogens with one attached hydrogen (secondary N) is 1. The SMILES string of the molecule is C[n+]1ccc(-c2csc(SC3=C(C(=O)[O-])N4C(=O)[C@@H](NC(=O)/C(=N\OCC(F)F)c5nsc(N)n5)[C@H]4CC3)n2)cc1. The number of nitrogens with two attached hydrogens (primary N) is 1. The Morgan fingerprint density at radius 2 is 2.12 bits per heavy atom. The predicted octanol–water partition coefficient (Wildman–Crippen LogP) is 0.297. The number of hydrogen-bond donors (Lipinski definition) is 2. The second-order valence-corrected chi connectivity index (χ2v) is 11.7. The number of β-lactam (4-membered cyclic amide) rings is 1. The molecule has 18 heteroatoms. The fourth-order valence-corrected chi connectivity index (χ4v) is 6.69. The number of carboxylic acids is 1. The van der Waals surface area contributed by atoms with Crippen molar-refractivity contribution in [2.75, 3.05) is 12.3 Å². The number of nitrogen functional groups attached to an aromatic ring is 1. The Balaban J connectivity index is 1.32. The molecule has 3 N–H and O–H groups in total. The van der Waals surface area contributed by atoms with Gasteiger partial charge in [-0.3, -0.25) is 9.59 Å². The quantitative estimate of drug-likeness (QED) is 0.138. The van der Waals surface area contributed by atoms with E-state index in [-0.39, 0.29) is 23.1 Å². The first-order valence-electron chi connectivity index (χ1n) is 11.9. The van der Waals surface area contributed by atoms with Gasteiger partial charge in [-0.25, -0.2) is 18.3 Å². The topological polar surface area (TPSA) is 180 Å². The lowest BCUT2D eigenvalue weighted by Gasteiger charge is -2.51. The van der Waals surface area contributed by atoms with E-state index >= 15 is 0 Å². The average molecular weight is 623 g/mol. The number of aromatic nitrogens is 4. The Labute approximate surface area is 242 Å². The summed E-state index contributed by atoms with van der Waals surface area (Å²) in [6.07, 6.45) is 1.55. The number of halogens is 2. The van der Waals surface area contributed by atoms with Crippen molar-refractivity contribution in [3.8, 4) is 11.3 Å². The Morgan fingerprint density at radius 3 is 2.78 bits per heavy atom. The summed E-state index contributed by atoms with van der Waals surface area (Å²) in [4.78, 5) is 52.6. The second-order valence-electron chi connectivity index (χ2n) is 8.76. The molecule has 13 nitrogen and oxygen atoms in total. The number of pyridine rings is 1. The van der Waals surface area contributed by atoms with Crippen molar-refractivity contribution in [2.24, 2.45) is 12.2 Å². The van der Waals surface area contributed by atoms with Gasteiger partial charge in [0.05, 0.1) is 23.4 Å². The van der Waals surface area contributed by atoms with Crippen LogP contribution < -0.4 is 20.7 Å². The maximum absolute atomic E-state index is 13.1. The molecular weight excluding hydrogens is 603 g/mol. The minimum atomic E-state index is -2.85. The van der Waals surface area contributed by atoms with Crippen LogP contribution in [-0.2, 0) is 26.3 Å². The maximum atomic E-state index is 13.1. The van der Waals surface area contributed by atoms with Gasteiger partial charge in [-0.1, -0.05) is 16.9 Å². The number of rotatable bonds is 10. The van der Waals surface area contributed by atoms with Gasteiger partial charge in [-0.2, -0.15) is 9.36 Å². The third-order valence-corrected chi connectivity index (χ3v) is 8.69. The molecule has 0 saturated carbocycles. The summed E-state index contributed by atoms with van der Waals surface area (Å²) in [5.41, 5.74) is 6.35. The standard InChI is InChI=1S/C23H20F2N8O5S3/c1-32-6-4-10(5-7-32)11-9-39-23(27-11)40-13-3-2-12-15(20(35)33(12)17(13)21(36)37)28-19(34)16(30-38-8-14(24)25)18-29-22(26)41-31-18/h4-7,9,12,14-15H,2-3,8H2,1H3,(H3-,26,28,29,31,34,36,37)/b30-16-/t12-,15+/m1/s1. The highest BCUT2D eigenvalue weighted by Gasteiger charge is 2.52. The summed E-state index contributed by atoms with van der Waals surface area (Å²) in [6.45, 7) is -1.08. The largest absolute Gasteiger partial charge is 0.543 e. The number of amides is 2. The zero-order valence-corrected chi connectivity index (χ0v) is 23.5. The van der Waals surface area contributed by atoms with Gasteiger partial charge < -0.3 is 30.7 Å². The first kappa shape index (κ1) is 28.5. The van der Waals surface area contributed by atoms with E-state index in [1.165, 1.54) is 11.3 Å². The lowest BCUT2D eigenvalue weighted by Crippen LogP contribution is -2.72. The molecule has 2 aliphatic rings. The normalized spacial score (nSPS) is 18.8. The van der Waals surface area contributed by atoms with Crippen LogP contribution in [-0.4, -0.2) is 67.9 Å². The van der Waals surface area contributed by atoms with E-state index in [2.05, 4.69) is 29.7 Å². The Bertz CT molecular complexity index is 1560. The second kappa shape index (κ2) is 11.8. The number of carboxylic acid groups (broad SMARTS) is 1. The van der Waals surface area contributed by atoms with Crippen molar-refractivity contribution < 1.29 is 37.7 Å². The van der Waals surface area contributed by atoms with Crippen LogP contribution >= 0.6 is 34.6 Å². The fraction of sp³-hybridized carbons (Fsp3) is 0.304. The summed E-state index contributed by atoms with van der Waals surface area (Å²) in [5.74, 6) is -3.46. The molecule has 41 heavy (non-hydrogen) atoms. The minimum Gasteiger partial charge on any atom is -0.543 e. The van der Waals surface area contributed by atoms with E-state index in [1.807, 2.05) is 41.5 Å². The molecule has 0 unspecified atom stereocenters. The zero-order chi connectivity index (χ0) is 29.3. The molecule has 0 aliphatic carbocycles. The molecule has 1 saturated heterocycles. The first-order chi connectivity index (χ1) is 19.6. The molecule has 0 spiro atoms. The third kappa shape index (κ3) is 6.03. The summed E-state index contributed by atoms with van der Waals surface area (Å²) in [5, 5.41) is 19.9. The number of nitrogens with zero attached hydrogens (tertiary/aromatic N) is 6. The van der Waals surface area contributed by atoms with Crippen LogP contribution in [0.2, 0.25) is 0 Å². The molecule has 3 aromatic heterocycles. The molecule has 2 aliphatic heterocycles.